The van der Waals surface area contributed by atoms with Crippen LogP contribution in [0.25, 0.3) is 60.6 Å². The number of fused-ring (bicyclic) bond motifs is 14. The van der Waals surface area contributed by atoms with Gasteiger partial charge in [0.05, 0.1) is 22.1 Å². The van der Waals surface area contributed by atoms with Gasteiger partial charge in [-0.15, -0.1) is 0 Å². The van der Waals surface area contributed by atoms with Crippen LogP contribution in [-0.2, 0) is 5.41 Å². The van der Waals surface area contributed by atoms with Gasteiger partial charge in [0.15, 0.2) is 0 Å². The summed E-state index contributed by atoms with van der Waals surface area (Å²) >= 11 is 0. The SMILES string of the molecule is c1ccc(-c2ccc(N(c3ccc4c(c3)Oc3ccccc3C43c4ccccc4-n4c5ccccc5c5cccc3c54)c3ccc4oc5ccccc5c4c3)cc2)cc1. The number of nitrogens with zero attached hydrogens (tertiary/aromatic N) is 2. The summed E-state index contributed by atoms with van der Waals surface area (Å²) in [7, 11) is 0. The summed E-state index contributed by atoms with van der Waals surface area (Å²) in [5.41, 5.74) is 14.9. The van der Waals surface area contributed by atoms with Crippen LogP contribution >= 0.6 is 0 Å². The molecule has 4 heterocycles. The first-order valence-corrected chi connectivity index (χ1v) is 20.2. The molecule has 0 saturated carbocycles. The zero-order chi connectivity index (χ0) is 38.7. The number of para-hydroxylation sites is 5. The molecule has 0 N–H and O–H groups in total. The lowest BCUT2D eigenvalue weighted by Gasteiger charge is -2.45. The van der Waals surface area contributed by atoms with E-state index in [0.717, 1.165) is 61.6 Å². The molecule has 2 aliphatic heterocycles. The summed E-state index contributed by atoms with van der Waals surface area (Å²) in [5.74, 6) is 1.69. The second-order valence-corrected chi connectivity index (χ2v) is 15.6. The number of hydrogen-bond acceptors (Lipinski definition) is 3. The fraction of sp³-hybridized carbons (Fsp3) is 0.0182. The lowest BCUT2D eigenvalue weighted by Crippen LogP contribution is -2.37. The Morgan fingerprint density at radius 2 is 1.02 bits per heavy atom. The van der Waals surface area contributed by atoms with Gasteiger partial charge in [0.25, 0.3) is 0 Å². The fourth-order valence-electron chi connectivity index (χ4n) is 10.2. The van der Waals surface area contributed by atoms with Gasteiger partial charge in [0, 0.05) is 55.8 Å². The lowest BCUT2D eigenvalue weighted by atomic mass is 9.62. The highest BCUT2D eigenvalue weighted by Gasteiger charge is 2.50. The van der Waals surface area contributed by atoms with Gasteiger partial charge in [0.1, 0.15) is 22.7 Å². The van der Waals surface area contributed by atoms with E-state index in [2.05, 4.69) is 204 Å². The third kappa shape index (κ3) is 4.43. The van der Waals surface area contributed by atoms with Gasteiger partial charge in [-0.1, -0.05) is 140 Å². The van der Waals surface area contributed by atoms with Crippen molar-refractivity contribution in [3.8, 4) is 28.3 Å². The number of rotatable bonds is 4. The Kier molecular flexibility index (Phi) is 6.62. The standard InChI is InChI=1S/C55H34N2O2/c1-2-13-35(14-3-1)36-25-27-37(28-26-36)56(38-30-32-51-43(33-38)41-16-5-10-23-50(41)58-51)39-29-31-46-53(34-39)59-52-24-11-7-19-45(52)55(46)44-18-6-9-22-49(44)57-48-21-8-4-15-40(48)42-17-12-20-47(55)54(42)57/h1-34H. The molecule has 59 heavy (non-hydrogen) atoms. The molecular formula is C55H34N2O2. The molecule has 0 aliphatic carbocycles. The Morgan fingerprint density at radius 1 is 0.390 bits per heavy atom. The van der Waals surface area contributed by atoms with Crippen LogP contribution in [0.2, 0.25) is 0 Å². The third-order valence-electron chi connectivity index (χ3n) is 12.6. The third-order valence-corrected chi connectivity index (χ3v) is 12.6. The van der Waals surface area contributed by atoms with Crippen LogP contribution in [0.3, 0.4) is 0 Å². The van der Waals surface area contributed by atoms with E-state index in [1.807, 2.05) is 12.1 Å². The summed E-state index contributed by atoms with van der Waals surface area (Å²) in [6, 6.07) is 74.1. The van der Waals surface area contributed by atoms with Crippen LogP contribution < -0.4 is 9.64 Å². The summed E-state index contributed by atoms with van der Waals surface area (Å²) in [5, 5.41) is 4.68. The fourth-order valence-corrected chi connectivity index (χ4v) is 10.2. The topological polar surface area (TPSA) is 30.5 Å². The molecular weight excluding hydrogens is 721 g/mol. The molecule has 11 aromatic rings. The minimum Gasteiger partial charge on any atom is -0.457 e. The van der Waals surface area contributed by atoms with Gasteiger partial charge in [-0.05, 0) is 82.9 Å². The van der Waals surface area contributed by atoms with E-state index in [1.165, 1.54) is 49.7 Å². The Bertz CT molecular complexity index is 3490. The van der Waals surface area contributed by atoms with E-state index in [4.69, 9.17) is 9.15 Å². The van der Waals surface area contributed by atoms with E-state index in [-0.39, 0.29) is 0 Å². The quantitative estimate of drug-likeness (QED) is 0.179. The molecule has 2 aliphatic rings. The second kappa shape index (κ2) is 12.1. The molecule has 9 aromatic carbocycles. The van der Waals surface area contributed by atoms with Crippen molar-refractivity contribution in [3.05, 3.63) is 229 Å². The van der Waals surface area contributed by atoms with Crippen LogP contribution in [0.1, 0.15) is 22.3 Å². The first-order chi connectivity index (χ1) is 29.3. The van der Waals surface area contributed by atoms with Gasteiger partial charge in [-0.25, -0.2) is 0 Å². The normalized spacial score (nSPS) is 15.0. The highest BCUT2D eigenvalue weighted by Crippen LogP contribution is 2.61. The van der Waals surface area contributed by atoms with E-state index in [0.29, 0.717) is 0 Å². The monoisotopic (exact) mass is 754 g/mol. The van der Waals surface area contributed by atoms with Crippen LogP contribution in [-0.4, -0.2) is 4.57 Å². The Balaban J connectivity index is 1.07. The maximum atomic E-state index is 7.07. The number of ether oxygens (including phenoxy) is 1. The van der Waals surface area contributed by atoms with Crippen molar-refractivity contribution in [1.82, 2.24) is 4.57 Å². The molecule has 0 amide bonds. The number of benzene rings is 9. The first kappa shape index (κ1) is 32.3. The van der Waals surface area contributed by atoms with Crippen LogP contribution in [0.15, 0.2) is 211 Å². The summed E-state index contributed by atoms with van der Waals surface area (Å²) in [6.45, 7) is 0. The van der Waals surface area contributed by atoms with Crippen molar-refractivity contribution in [2.24, 2.45) is 0 Å². The zero-order valence-corrected chi connectivity index (χ0v) is 31.8. The van der Waals surface area contributed by atoms with E-state index in [1.54, 1.807) is 0 Å². The van der Waals surface area contributed by atoms with Crippen LogP contribution in [0.4, 0.5) is 17.1 Å². The molecule has 4 nitrogen and oxygen atoms in total. The maximum absolute atomic E-state index is 7.07. The number of aromatic nitrogens is 1. The maximum Gasteiger partial charge on any atom is 0.135 e. The molecule has 276 valence electrons. The van der Waals surface area contributed by atoms with Crippen molar-refractivity contribution in [2.45, 2.75) is 5.41 Å². The number of anilines is 3. The minimum atomic E-state index is -0.639. The minimum absolute atomic E-state index is 0.639. The Morgan fingerprint density at radius 3 is 1.92 bits per heavy atom. The van der Waals surface area contributed by atoms with Gasteiger partial charge in [0.2, 0.25) is 0 Å². The van der Waals surface area contributed by atoms with Crippen molar-refractivity contribution in [1.29, 1.82) is 0 Å². The number of hydrogen-bond donors (Lipinski definition) is 0. The van der Waals surface area contributed by atoms with Crippen molar-refractivity contribution in [3.63, 3.8) is 0 Å². The molecule has 4 heteroatoms. The molecule has 0 bridgehead atoms. The second-order valence-electron chi connectivity index (χ2n) is 15.6. The smallest absolute Gasteiger partial charge is 0.135 e. The molecule has 1 spiro atoms. The van der Waals surface area contributed by atoms with Crippen molar-refractivity contribution >= 4 is 60.8 Å². The van der Waals surface area contributed by atoms with E-state index >= 15 is 0 Å². The Labute approximate surface area is 340 Å². The van der Waals surface area contributed by atoms with E-state index in [9.17, 15) is 0 Å². The molecule has 13 rings (SSSR count). The van der Waals surface area contributed by atoms with Crippen molar-refractivity contribution < 1.29 is 9.15 Å². The highest BCUT2D eigenvalue weighted by atomic mass is 16.5. The average Bonchev–Trinajstić information content (AvgIpc) is 3.85. The predicted molar refractivity (Wildman–Crippen MR) is 240 cm³/mol. The Hall–Kier alpha value is -7.82. The molecule has 1 atom stereocenters. The zero-order valence-electron chi connectivity index (χ0n) is 31.8. The van der Waals surface area contributed by atoms with Crippen LogP contribution in [0, 0.1) is 0 Å². The van der Waals surface area contributed by atoms with Gasteiger partial charge in [-0.3, -0.25) is 0 Å². The largest absolute Gasteiger partial charge is 0.457 e. The van der Waals surface area contributed by atoms with Gasteiger partial charge in [-0.2, -0.15) is 0 Å². The molecule has 1 unspecified atom stereocenters. The van der Waals surface area contributed by atoms with Gasteiger partial charge >= 0.3 is 0 Å². The van der Waals surface area contributed by atoms with Gasteiger partial charge < -0.3 is 18.6 Å². The molecule has 0 radical (unpaired) electrons. The summed E-state index contributed by atoms with van der Waals surface area (Å²) < 4.78 is 15.8. The predicted octanol–water partition coefficient (Wildman–Crippen LogP) is 14.6. The summed E-state index contributed by atoms with van der Waals surface area (Å²) in [4.78, 5) is 2.33. The average molecular weight is 755 g/mol. The summed E-state index contributed by atoms with van der Waals surface area (Å²) in [6.07, 6.45) is 0. The molecule has 0 fully saturated rings. The molecule has 2 aromatic heterocycles. The van der Waals surface area contributed by atoms with Crippen molar-refractivity contribution in [2.75, 3.05) is 4.90 Å². The lowest BCUT2D eigenvalue weighted by molar-refractivity contribution is 0.434. The molecule has 0 saturated heterocycles. The highest BCUT2D eigenvalue weighted by molar-refractivity contribution is 6.12. The van der Waals surface area contributed by atoms with Crippen LogP contribution in [0.5, 0.6) is 11.5 Å². The number of furan rings is 1. The van der Waals surface area contributed by atoms with E-state index < -0.39 is 5.41 Å². The first-order valence-electron chi connectivity index (χ1n) is 20.2.